The van der Waals surface area contributed by atoms with Gasteiger partial charge in [0.15, 0.2) is 0 Å². The summed E-state index contributed by atoms with van der Waals surface area (Å²) >= 11 is 0. The molecule has 0 aliphatic heterocycles. The molecule has 0 spiro atoms. The van der Waals surface area contributed by atoms with Crippen molar-refractivity contribution in [1.29, 1.82) is 31.6 Å². The van der Waals surface area contributed by atoms with Gasteiger partial charge in [0.2, 0.25) is 0 Å². The monoisotopic (exact) mass is 478 g/mol. The van der Waals surface area contributed by atoms with E-state index >= 15 is 8.78 Å². The lowest BCUT2D eigenvalue weighted by Gasteiger charge is -2.14. The topological polar surface area (TPSA) is 143 Å². The van der Waals surface area contributed by atoms with Crippen LogP contribution in [0.25, 0.3) is 33.4 Å². The quantitative estimate of drug-likeness (QED) is 0.514. The van der Waals surface area contributed by atoms with E-state index in [1.54, 1.807) is 0 Å². The van der Waals surface area contributed by atoms with Crippen LogP contribution < -0.4 is 10.4 Å². The van der Waals surface area contributed by atoms with Crippen LogP contribution >= 0.6 is 0 Å². The second-order valence-electron chi connectivity index (χ2n) is 6.94. The minimum absolute atomic E-state index is 0.331. The van der Waals surface area contributed by atoms with Crippen molar-refractivity contribution in [2.45, 2.75) is 0 Å². The summed E-state index contributed by atoms with van der Waals surface area (Å²) < 4.78 is 60.2. The van der Waals surface area contributed by atoms with Crippen LogP contribution in [0.4, 0.5) is 17.6 Å². The van der Waals surface area contributed by atoms with Gasteiger partial charge in [0.05, 0.1) is 21.6 Å². The van der Waals surface area contributed by atoms with Gasteiger partial charge in [0.1, 0.15) is 70.8 Å². The predicted octanol–water partition coefficient (Wildman–Crippen LogP) is 3.72. The van der Waals surface area contributed by atoms with E-state index in [2.05, 4.69) is 0 Å². The Morgan fingerprint density at radius 2 is 0.861 bits per heavy atom. The molecule has 0 aromatic heterocycles. The van der Waals surface area contributed by atoms with Crippen molar-refractivity contribution < 1.29 is 17.6 Å². The second kappa shape index (κ2) is 9.91. The fourth-order valence-corrected chi connectivity index (χ4v) is 3.51. The lowest BCUT2D eigenvalue weighted by molar-refractivity contribution is 0.591. The van der Waals surface area contributed by atoms with Crippen molar-refractivity contribution in [1.82, 2.24) is 0 Å². The molecule has 0 heterocycles. The van der Waals surface area contributed by atoms with Crippen LogP contribution in [-0.4, -0.2) is 0 Å². The Kier molecular flexibility index (Phi) is 6.80. The normalized spacial score (nSPS) is 9.50. The number of nitriles is 6. The first-order chi connectivity index (χ1) is 17.3. The zero-order chi connectivity index (χ0) is 26.6. The van der Waals surface area contributed by atoms with Gasteiger partial charge in [-0.05, 0) is 35.4 Å². The minimum atomic E-state index is -1.44. The van der Waals surface area contributed by atoms with Crippen LogP contribution in [0.3, 0.4) is 0 Å². The number of hydrogen-bond donors (Lipinski definition) is 0. The third-order valence-electron chi connectivity index (χ3n) is 5.08. The van der Waals surface area contributed by atoms with Gasteiger partial charge in [-0.1, -0.05) is 12.1 Å². The summed E-state index contributed by atoms with van der Waals surface area (Å²) in [6.07, 6.45) is 0. The lowest BCUT2D eigenvalue weighted by Crippen LogP contribution is -2.28. The van der Waals surface area contributed by atoms with Crippen molar-refractivity contribution in [3.8, 4) is 58.7 Å². The van der Waals surface area contributed by atoms with E-state index in [0.717, 1.165) is 36.4 Å². The molecule has 0 atom stereocenters. The molecule has 0 radical (unpaired) electrons. The predicted molar refractivity (Wildman–Crippen MR) is 115 cm³/mol. The maximum Gasteiger partial charge on any atom is 0.141 e. The highest BCUT2D eigenvalue weighted by molar-refractivity contribution is 5.86. The van der Waals surface area contributed by atoms with Crippen molar-refractivity contribution in [2.24, 2.45) is 0 Å². The minimum Gasteiger partial charge on any atom is -0.206 e. The lowest BCUT2D eigenvalue weighted by atomic mass is 9.90. The van der Waals surface area contributed by atoms with Gasteiger partial charge < -0.3 is 0 Å². The highest BCUT2D eigenvalue weighted by atomic mass is 19.1. The highest BCUT2D eigenvalue weighted by Crippen LogP contribution is 2.28. The standard InChI is InChI=1S/C26H6F4N6/c27-19-3-1-13(5-15(19)7-31)21-23(17(9-33)10-34)26(30)22(24(25(21)29)18(11-35)12-36)14-2-4-20(28)16(6-14)8-32/h1-6H. The molecule has 0 saturated carbocycles. The molecule has 0 unspecified atom stereocenters. The van der Waals surface area contributed by atoms with Gasteiger partial charge in [-0.25, -0.2) is 17.6 Å². The molecule has 36 heavy (non-hydrogen) atoms. The molecule has 3 aromatic rings. The molecule has 0 fully saturated rings. The number of hydrogen-bond acceptors (Lipinski definition) is 6. The third-order valence-corrected chi connectivity index (χ3v) is 5.08. The number of nitrogens with zero attached hydrogens (tertiary/aromatic N) is 6. The summed E-state index contributed by atoms with van der Waals surface area (Å²) in [6.45, 7) is 0. The van der Waals surface area contributed by atoms with Crippen molar-refractivity contribution >= 4 is 11.1 Å². The van der Waals surface area contributed by atoms with E-state index in [4.69, 9.17) is 10.5 Å². The van der Waals surface area contributed by atoms with Gasteiger partial charge in [0.25, 0.3) is 0 Å². The molecular weight excluding hydrogens is 472 g/mol. The van der Waals surface area contributed by atoms with Gasteiger partial charge in [-0.15, -0.1) is 0 Å². The Balaban J connectivity index is 2.80. The van der Waals surface area contributed by atoms with E-state index in [1.165, 1.54) is 36.4 Å². The van der Waals surface area contributed by atoms with Crippen molar-refractivity contribution in [2.75, 3.05) is 0 Å². The first-order valence-corrected chi connectivity index (χ1v) is 9.57. The SMILES string of the molecule is N#CC(C#N)=c1c(F)c(-c2ccc(F)c(C#N)c2)c(=C(C#N)C#N)c(F)c1-c1ccc(F)c(C#N)c1. The fraction of sp³-hybridized carbons (Fsp3) is 0. The molecule has 0 bridgehead atoms. The molecule has 0 aliphatic carbocycles. The maximum absolute atomic E-state index is 16.2. The number of benzene rings is 3. The summed E-state index contributed by atoms with van der Waals surface area (Å²) in [6, 6.07) is 13.9. The molecule has 168 valence electrons. The summed E-state index contributed by atoms with van der Waals surface area (Å²) in [5.41, 5.74) is -5.21. The third kappa shape index (κ3) is 3.96. The smallest absolute Gasteiger partial charge is 0.141 e. The molecule has 10 heteroatoms. The molecule has 6 nitrogen and oxygen atoms in total. The zero-order valence-corrected chi connectivity index (χ0v) is 17.7. The van der Waals surface area contributed by atoms with Gasteiger partial charge in [0, 0.05) is 11.1 Å². The van der Waals surface area contributed by atoms with E-state index in [9.17, 15) is 29.8 Å². The van der Waals surface area contributed by atoms with E-state index in [-0.39, 0.29) is 11.1 Å². The molecule has 0 aliphatic rings. The van der Waals surface area contributed by atoms with Crippen LogP contribution in [0.15, 0.2) is 36.4 Å². The Bertz CT molecular complexity index is 1680. The molecule has 3 rings (SSSR count). The van der Waals surface area contributed by atoms with Crippen molar-refractivity contribution in [3.63, 3.8) is 0 Å². The number of rotatable bonds is 2. The van der Waals surface area contributed by atoms with Gasteiger partial charge in [-0.3, -0.25) is 0 Å². The van der Waals surface area contributed by atoms with E-state index in [0.29, 0.717) is 0 Å². The van der Waals surface area contributed by atoms with Gasteiger partial charge >= 0.3 is 0 Å². The van der Waals surface area contributed by atoms with Crippen LogP contribution in [0.5, 0.6) is 0 Å². The van der Waals surface area contributed by atoms with E-state index < -0.39 is 67.1 Å². The van der Waals surface area contributed by atoms with Gasteiger partial charge in [-0.2, -0.15) is 31.6 Å². The molecule has 3 aromatic carbocycles. The Labute approximate surface area is 200 Å². The average Bonchev–Trinajstić information content (AvgIpc) is 2.89. The van der Waals surface area contributed by atoms with Crippen molar-refractivity contribution in [3.05, 3.63) is 81.2 Å². The van der Waals surface area contributed by atoms with Crippen LogP contribution in [0.1, 0.15) is 11.1 Å². The van der Waals surface area contributed by atoms with Crippen LogP contribution in [0.2, 0.25) is 0 Å². The summed E-state index contributed by atoms with van der Waals surface area (Å²) in [5, 5.41) is 54.3. The summed E-state index contributed by atoms with van der Waals surface area (Å²) in [7, 11) is 0. The molecule has 0 amide bonds. The first-order valence-electron chi connectivity index (χ1n) is 9.57. The average molecular weight is 478 g/mol. The molecular formula is C26H6F4N6. The molecule has 0 N–H and O–H groups in total. The summed E-state index contributed by atoms with van der Waals surface area (Å²) in [4.78, 5) is 0. The highest BCUT2D eigenvalue weighted by Gasteiger charge is 2.25. The molecule has 0 saturated heterocycles. The van der Waals surface area contributed by atoms with Crippen LogP contribution in [0, 0.1) is 91.3 Å². The first kappa shape index (κ1) is 24.7. The van der Waals surface area contributed by atoms with E-state index in [1.807, 2.05) is 0 Å². The zero-order valence-electron chi connectivity index (χ0n) is 17.7. The Morgan fingerprint density at radius 1 is 0.528 bits per heavy atom. The second-order valence-corrected chi connectivity index (χ2v) is 6.94. The number of halogens is 4. The largest absolute Gasteiger partial charge is 0.206 e. The Hall–Kier alpha value is -5.94. The van der Waals surface area contributed by atoms with Crippen LogP contribution in [-0.2, 0) is 0 Å². The fourth-order valence-electron chi connectivity index (χ4n) is 3.51. The summed E-state index contributed by atoms with van der Waals surface area (Å²) in [5.74, 6) is -4.86. The maximum atomic E-state index is 16.2. The Morgan fingerprint density at radius 3 is 1.14 bits per heavy atom.